The van der Waals surface area contributed by atoms with Crippen LogP contribution in [0.2, 0.25) is 0 Å². The number of hydrogen-bond acceptors (Lipinski definition) is 6. The molecular formula is C24H28F2N4O2S. The van der Waals surface area contributed by atoms with Crippen molar-refractivity contribution in [3.8, 4) is 0 Å². The number of sulfone groups is 1. The van der Waals surface area contributed by atoms with Gasteiger partial charge in [-0.05, 0) is 56.9 Å². The average Bonchev–Trinajstić information content (AvgIpc) is 2.71. The van der Waals surface area contributed by atoms with Crippen molar-refractivity contribution in [1.29, 1.82) is 0 Å². The molecule has 0 bridgehead atoms. The Hall–Kier alpha value is -2.68. The summed E-state index contributed by atoms with van der Waals surface area (Å²) in [5.41, 5.74) is 5.84. The van der Waals surface area contributed by atoms with Gasteiger partial charge in [-0.15, -0.1) is 0 Å². The number of benzene rings is 1. The van der Waals surface area contributed by atoms with Crippen LogP contribution in [0.5, 0.6) is 0 Å². The highest BCUT2D eigenvalue weighted by atomic mass is 32.2. The molecule has 33 heavy (non-hydrogen) atoms. The van der Waals surface area contributed by atoms with Crippen LogP contribution in [-0.4, -0.2) is 34.7 Å². The van der Waals surface area contributed by atoms with Gasteiger partial charge in [0, 0.05) is 11.8 Å². The summed E-state index contributed by atoms with van der Waals surface area (Å²) in [5, 5.41) is 0. The number of aliphatic imine (C=N–C) groups is 1. The van der Waals surface area contributed by atoms with Crippen molar-refractivity contribution < 1.29 is 17.2 Å². The van der Waals surface area contributed by atoms with E-state index in [1.807, 2.05) is 0 Å². The Morgan fingerprint density at radius 1 is 1.21 bits per heavy atom. The molecule has 6 nitrogen and oxygen atoms in total. The van der Waals surface area contributed by atoms with Gasteiger partial charge in [-0.3, -0.25) is 15.0 Å². The second-order valence-corrected chi connectivity index (χ2v) is 12.2. The number of amidine groups is 1. The van der Waals surface area contributed by atoms with Gasteiger partial charge in [-0.25, -0.2) is 17.2 Å². The van der Waals surface area contributed by atoms with E-state index in [0.29, 0.717) is 11.5 Å². The minimum Gasteiger partial charge on any atom is -0.386 e. The molecule has 2 aromatic rings. The number of rotatable bonds is 5. The predicted octanol–water partition coefficient (Wildman–Crippen LogP) is 4.21. The van der Waals surface area contributed by atoms with Crippen LogP contribution in [-0.2, 0) is 21.8 Å². The Morgan fingerprint density at radius 2 is 1.94 bits per heavy atom. The van der Waals surface area contributed by atoms with Crippen LogP contribution in [0.3, 0.4) is 0 Å². The number of nitrogens with zero attached hydrogens (tertiary/aromatic N) is 3. The van der Waals surface area contributed by atoms with Gasteiger partial charge in [0.15, 0.2) is 15.7 Å². The highest BCUT2D eigenvalue weighted by molar-refractivity contribution is 7.93. The Morgan fingerprint density at radius 3 is 2.52 bits per heavy atom. The molecule has 1 aromatic carbocycles. The van der Waals surface area contributed by atoms with E-state index in [9.17, 15) is 17.2 Å². The maximum absolute atomic E-state index is 14.9. The van der Waals surface area contributed by atoms with Crippen molar-refractivity contribution in [1.82, 2.24) is 9.97 Å². The fraction of sp³-hybridized carbons (Fsp3) is 0.458. The first-order chi connectivity index (χ1) is 15.4. The van der Waals surface area contributed by atoms with Gasteiger partial charge in [0.05, 0.1) is 17.6 Å². The Labute approximate surface area is 193 Å². The SMILES string of the molecule is CC1(C)C(N)=N[C@](C)(c2cc(/C=C(\F)c3cnc(CC4CCC4)cn3)ccc2F)CS1(=O)=O. The monoisotopic (exact) mass is 474 g/mol. The third-order valence-electron chi connectivity index (χ3n) is 6.77. The van der Waals surface area contributed by atoms with Gasteiger partial charge in [0.2, 0.25) is 0 Å². The van der Waals surface area contributed by atoms with Crippen LogP contribution < -0.4 is 5.73 Å². The summed E-state index contributed by atoms with van der Waals surface area (Å²) < 4.78 is 53.9. The maximum Gasteiger partial charge on any atom is 0.165 e. The Bertz CT molecular complexity index is 1240. The molecule has 1 saturated carbocycles. The van der Waals surface area contributed by atoms with Crippen LogP contribution in [0, 0.1) is 11.7 Å². The molecule has 1 fully saturated rings. The van der Waals surface area contributed by atoms with Crippen molar-refractivity contribution in [3.63, 3.8) is 0 Å². The van der Waals surface area contributed by atoms with Crippen LogP contribution in [0.25, 0.3) is 11.9 Å². The summed E-state index contributed by atoms with van der Waals surface area (Å²) in [6.45, 7) is 4.47. The molecule has 0 spiro atoms. The highest BCUT2D eigenvalue weighted by Crippen LogP contribution is 2.38. The topological polar surface area (TPSA) is 98.3 Å². The average molecular weight is 475 g/mol. The Kier molecular flexibility index (Phi) is 5.88. The molecule has 2 heterocycles. The molecule has 1 aliphatic carbocycles. The maximum atomic E-state index is 14.9. The molecular weight excluding hydrogens is 446 g/mol. The summed E-state index contributed by atoms with van der Waals surface area (Å²) in [7, 11) is -3.70. The van der Waals surface area contributed by atoms with E-state index < -0.39 is 37.5 Å². The van der Waals surface area contributed by atoms with Crippen LogP contribution in [0.15, 0.2) is 35.6 Å². The number of hydrogen-bond donors (Lipinski definition) is 1. The highest BCUT2D eigenvalue weighted by Gasteiger charge is 2.49. The van der Waals surface area contributed by atoms with Gasteiger partial charge in [0.1, 0.15) is 27.6 Å². The first-order valence-corrected chi connectivity index (χ1v) is 12.6. The number of aromatic nitrogens is 2. The third-order valence-corrected chi connectivity index (χ3v) is 9.48. The van der Waals surface area contributed by atoms with Crippen molar-refractivity contribution in [2.24, 2.45) is 16.6 Å². The Balaban J connectivity index is 1.63. The van der Waals surface area contributed by atoms with Gasteiger partial charge >= 0.3 is 0 Å². The fourth-order valence-corrected chi connectivity index (χ4v) is 5.81. The first kappa shape index (κ1) is 23.5. The van der Waals surface area contributed by atoms with E-state index in [1.54, 1.807) is 6.20 Å². The van der Waals surface area contributed by atoms with Gasteiger partial charge in [-0.2, -0.15) is 0 Å². The minimum absolute atomic E-state index is 0.0352. The van der Waals surface area contributed by atoms with Crippen LogP contribution >= 0.6 is 0 Å². The zero-order valence-corrected chi connectivity index (χ0v) is 19.8. The lowest BCUT2D eigenvalue weighted by atomic mass is 9.82. The molecule has 0 amide bonds. The third kappa shape index (κ3) is 4.43. The molecule has 9 heteroatoms. The molecule has 0 saturated heterocycles. The van der Waals surface area contributed by atoms with Crippen LogP contribution in [0.1, 0.15) is 62.5 Å². The standard InChI is InChI=1S/C24H28F2N4O2S/c1-23(2)22(27)30-24(3,14-33(23,31)32)18-10-16(7-8-19(18)25)11-20(26)21-13-28-17(12-29-21)9-15-5-4-6-15/h7-8,10-13,15H,4-6,9,14H2,1-3H3,(H2,27,30)/b20-11-/t24-/m0/s1. The predicted molar refractivity (Wildman–Crippen MR) is 125 cm³/mol. The first-order valence-electron chi connectivity index (χ1n) is 11.0. The zero-order valence-electron chi connectivity index (χ0n) is 19.0. The van der Waals surface area contributed by atoms with E-state index in [0.717, 1.165) is 12.1 Å². The molecule has 1 aliphatic heterocycles. The largest absolute Gasteiger partial charge is 0.386 e. The molecule has 0 radical (unpaired) electrons. The number of halogens is 2. The van der Waals surface area contributed by atoms with Crippen LogP contribution in [0.4, 0.5) is 8.78 Å². The zero-order chi connectivity index (χ0) is 24.0. The van der Waals surface area contributed by atoms with Crippen molar-refractivity contribution in [3.05, 3.63) is 58.9 Å². The van der Waals surface area contributed by atoms with Crippen molar-refractivity contribution in [2.75, 3.05) is 5.75 Å². The van der Waals surface area contributed by atoms with E-state index in [-0.39, 0.29) is 17.1 Å². The lowest BCUT2D eigenvalue weighted by Crippen LogP contribution is -2.55. The fourth-order valence-electron chi connectivity index (χ4n) is 4.12. The minimum atomic E-state index is -3.70. The molecule has 0 unspecified atom stereocenters. The molecule has 176 valence electrons. The molecule has 1 atom stereocenters. The normalized spacial score (nSPS) is 24.8. The quantitative estimate of drug-likeness (QED) is 0.700. The molecule has 2 aliphatic rings. The van der Waals surface area contributed by atoms with Crippen molar-refractivity contribution >= 4 is 27.6 Å². The lowest BCUT2D eigenvalue weighted by Gasteiger charge is -2.38. The summed E-state index contributed by atoms with van der Waals surface area (Å²) >= 11 is 0. The van der Waals surface area contributed by atoms with Crippen molar-refractivity contribution in [2.45, 2.75) is 56.7 Å². The summed E-state index contributed by atoms with van der Waals surface area (Å²) in [6.07, 6.45) is 8.68. The molecule has 2 N–H and O–H groups in total. The van der Waals surface area contributed by atoms with E-state index in [4.69, 9.17) is 5.73 Å². The van der Waals surface area contributed by atoms with E-state index in [2.05, 4.69) is 15.0 Å². The van der Waals surface area contributed by atoms with Gasteiger partial charge in [0.25, 0.3) is 0 Å². The van der Waals surface area contributed by atoms with E-state index in [1.165, 1.54) is 70.5 Å². The summed E-state index contributed by atoms with van der Waals surface area (Å²) in [4.78, 5) is 12.8. The molecule has 1 aromatic heterocycles. The van der Waals surface area contributed by atoms with E-state index >= 15 is 0 Å². The summed E-state index contributed by atoms with van der Waals surface area (Å²) in [6, 6.07) is 3.98. The smallest absolute Gasteiger partial charge is 0.165 e. The lowest BCUT2D eigenvalue weighted by molar-refractivity contribution is 0.311. The number of nitrogens with two attached hydrogens (primary N) is 1. The van der Waals surface area contributed by atoms with Gasteiger partial charge in [-0.1, -0.05) is 25.3 Å². The van der Waals surface area contributed by atoms with Gasteiger partial charge < -0.3 is 5.73 Å². The second-order valence-electron chi connectivity index (χ2n) is 9.67. The molecule has 4 rings (SSSR count). The summed E-state index contributed by atoms with van der Waals surface area (Å²) in [5.74, 6) is -1.12. The second kappa shape index (κ2) is 8.27.